The number of aromatic amines is 1. The first-order valence-electron chi connectivity index (χ1n) is 7.38. The van der Waals surface area contributed by atoms with Crippen molar-refractivity contribution in [2.45, 2.75) is 12.7 Å². The third kappa shape index (κ3) is 3.35. The number of fused-ring (bicyclic) bond motifs is 3. The van der Waals surface area contributed by atoms with Gasteiger partial charge in [0.05, 0.1) is 22.6 Å². The lowest BCUT2D eigenvalue weighted by Gasteiger charge is -2.14. The zero-order chi connectivity index (χ0) is 18.5. The molecule has 140 valence electrons. The average Bonchev–Trinajstić information content (AvgIpc) is 3.08. The third-order valence-corrected chi connectivity index (χ3v) is 4.22. The monoisotopic (exact) mass is 415 g/mol. The van der Waals surface area contributed by atoms with Crippen molar-refractivity contribution in [3.8, 4) is 11.1 Å². The maximum atomic E-state index is 13.0. The van der Waals surface area contributed by atoms with E-state index in [2.05, 4.69) is 20.2 Å². The highest BCUT2D eigenvalue weighted by molar-refractivity contribution is 6.32. The van der Waals surface area contributed by atoms with E-state index in [9.17, 15) is 18.0 Å². The molecule has 0 fully saturated rings. The second kappa shape index (κ2) is 6.82. The normalized spacial score (nSPS) is 11.7. The molecule has 0 aliphatic carbocycles. The largest absolute Gasteiger partial charge is 0.406 e. The molecule has 0 aromatic carbocycles. The summed E-state index contributed by atoms with van der Waals surface area (Å²) in [5.74, 6) is 0. The zero-order valence-corrected chi connectivity index (χ0v) is 14.9. The minimum absolute atomic E-state index is 0. The van der Waals surface area contributed by atoms with Crippen LogP contribution in [0.25, 0.3) is 33.1 Å². The summed E-state index contributed by atoms with van der Waals surface area (Å²) in [6.07, 6.45) is -0.421. The quantitative estimate of drug-likeness (QED) is 0.502. The summed E-state index contributed by atoms with van der Waals surface area (Å²) in [5.41, 5.74) is 0.678. The fraction of sp³-hybridized carbons (Fsp3) is 0.125. The number of pyridine rings is 3. The van der Waals surface area contributed by atoms with Crippen molar-refractivity contribution >= 4 is 45.9 Å². The van der Waals surface area contributed by atoms with Gasteiger partial charge in [-0.05, 0) is 18.2 Å². The number of rotatable bonds is 2. The Morgan fingerprint density at radius 3 is 2.70 bits per heavy atom. The molecule has 0 radical (unpaired) electrons. The van der Waals surface area contributed by atoms with Gasteiger partial charge in [-0.15, -0.1) is 12.4 Å². The zero-order valence-electron chi connectivity index (χ0n) is 13.3. The molecule has 11 heteroatoms. The van der Waals surface area contributed by atoms with E-state index in [1.165, 1.54) is 24.7 Å². The number of alkyl halides is 3. The van der Waals surface area contributed by atoms with Crippen LogP contribution < -0.4 is 5.56 Å². The Bertz CT molecular complexity index is 1200. The van der Waals surface area contributed by atoms with Crippen molar-refractivity contribution in [2.24, 2.45) is 0 Å². The predicted octanol–water partition coefficient (Wildman–Crippen LogP) is 3.97. The minimum Gasteiger partial charge on any atom is -0.297 e. The van der Waals surface area contributed by atoms with Crippen molar-refractivity contribution in [1.29, 1.82) is 0 Å². The molecule has 1 N–H and O–H groups in total. The van der Waals surface area contributed by atoms with Gasteiger partial charge in [0.25, 0.3) is 5.56 Å². The average molecular weight is 416 g/mol. The van der Waals surface area contributed by atoms with Gasteiger partial charge in [-0.2, -0.15) is 18.3 Å². The van der Waals surface area contributed by atoms with Gasteiger partial charge < -0.3 is 0 Å². The second-order valence-corrected chi connectivity index (χ2v) is 5.96. The second-order valence-electron chi connectivity index (χ2n) is 5.60. The van der Waals surface area contributed by atoms with Crippen molar-refractivity contribution in [3.05, 3.63) is 52.3 Å². The molecular weight excluding hydrogens is 406 g/mol. The molecule has 0 aliphatic heterocycles. The highest BCUT2D eigenvalue weighted by Crippen LogP contribution is 2.30. The molecule has 0 unspecified atom stereocenters. The van der Waals surface area contributed by atoms with Crippen LogP contribution in [0.3, 0.4) is 0 Å². The fourth-order valence-corrected chi connectivity index (χ4v) is 3.05. The number of aromatic nitrogens is 5. The number of nitrogens with zero attached hydrogens (tertiary/aromatic N) is 4. The smallest absolute Gasteiger partial charge is 0.297 e. The lowest BCUT2D eigenvalue weighted by atomic mass is 10.1. The SMILES string of the molecule is Cl.O=c1c2cn[nH]c2c2ncc(-c3cccnc3Cl)cc2n1CC(F)(F)F. The van der Waals surface area contributed by atoms with Crippen molar-refractivity contribution in [3.63, 3.8) is 0 Å². The molecule has 0 atom stereocenters. The van der Waals surface area contributed by atoms with Crippen LogP contribution >= 0.6 is 24.0 Å². The van der Waals surface area contributed by atoms with Crippen LogP contribution in [0.5, 0.6) is 0 Å². The van der Waals surface area contributed by atoms with E-state index in [4.69, 9.17) is 11.6 Å². The van der Waals surface area contributed by atoms with E-state index in [0.717, 1.165) is 0 Å². The van der Waals surface area contributed by atoms with Crippen LogP contribution in [0.2, 0.25) is 5.15 Å². The Hall–Kier alpha value is -2.65. The molecule has 0 aliphatic rings. The van der Waals surface area contributed by atoms with E-state index in [1.54, 1.807) is 12.1 Å². The lowest BCUT2D eigenvalue weighted by molar-refractivity contribution is -0.140. The van der Waals surface area contributed by atoms with Crippen LogP contribution in [-0.2, 0) is 6.54 Å². The molecule has 0 saturated carbocycles. The summed E-state index contributed by atoms with van der Waals surface area (Å²) in [7, 11) is 0. The van der Waals surface area contributed by atoms with E-state index in [-0.39, 0.29) is 39.5 Å². The van der Waals surface area contributed by atoms with Gasteiger partial charge in [-0.25, -0.2) is 4.98 Å². The van der Waals surface area contributed by atoms with Crippen molar-refractivity contribution < 1.29 is 13.2 Å². The topological polar surface area (TPSA) is 76.5 Å². The molecule has 0 amide bonds. The maximum absolute atomic E-state index is 13.0. The van der Waals surface area contributed by atoms with Gasteiger partial charge in [0.1, 0.15) is 17.2 Å². The highest BCUT2D eigenvalue weighted by Gasteiger charge is 2.30. The third-order valence-electron chi connectivity index (χ3n) is 3.92. The van der Waals surface area contributed by atoms with Crippen molar-refractivity contribution in [1.82, 2.24) is 24.7 Å². The predicted molar refractivity (Wildman–Crippen MR) is 97.2 cm³/mol. The number of hydrogen-bond acceptors (Lipinski definition) is 4. The fourth-order valence-electron chi connectivity index (χ4n) is 2.82. The van der Waals surface area contributed by atoms with E-state index in [1.807, 2.05) is 0 Å². The van der Waals surface area contributed by atoms with Gasteiger partial charge in [0.2, 0.25) is 0 Å². The molecule has 27 heavy (non-hydrogen) atoms. The van der Waals surface area contributed by atoms with Crippen LogP contribution in [0.1, 0.15) is 0 Å². The van der Waals surface area contributed by atoms with Gasteiger partial charge >= 0.3 is 6.18 Å². The summed E-state index contributed by atoms with van der Waals surface area (Å²) < 4.78 is 39.7. The number of halogens is 5. The maximum Gasteiger partial charge on any atom is 0.406 e. The first-order valence-corrected chi connectivity index (χ1v) is 7.76. The Balaban J connectivity index is 0.00000210. The molecule has 4 rings (SSSR count). The molecule has 4 heterocycles. The number of hydrogen-bond donors (Lipinski definition) is 1. The summed E-state index contributed by atoms with van der Waals surface area (Å²) in [6.45, 7) is -1.44. The molecule has 4 aromatic rings. The summed E-state index contributed by atoms with van der Waals surface area (Å²) >= 11 is 6.06. The summed E-state index contributed by atoms with van der Waals surface area (Å²) in [5, 5.41) is 6.60. The van der Waals surface area contributed by atoms with Gasteiger partial charge in [-0.1, -0.05) is 11.6 Å². The molecule has 4 aromatic heterocycles. The molecule has 0 saturated heterocycles. The standard InChI is InChI=1S/C16H9ClF3N5O.ClH/c17-14-9(2-1-3-21-14)8-4-11-13(22-5-8)12-10(6-23-24-12)15(26)25(11)7-16(18,19)20;/h1-6H,7H2,(H,23,24);1H. The van der Waals surface area contributed by atoms with E-state index in [0.29, 0.717) is 15.7 Å². The Kier molecular flexibility index (Phi) is 4.83. The van der Waals surface area contributed by atoms with E-state index >= 15 is 0 Å². The van der Waals surface area contributed by atoms with Crippen LogP contribution in [0.4, 0.5) is 13.2 Å². The van der Waals surface area contributed by atoms with Crippen LogP contribution in [-0.4, -0.2) is 30.9 Å². The molecule has 0 spiro atoms. The Morgan fingerprint density at radius 2 is 2.00 bits per heavy atom. The van der Waals surface area contributed by atoms with Crippen molar-refractivity contribution in [2.75, 3.05) is 0 Å². The van der Waals surface area contributed by atoms with Gasteiger partial charge in [-0.3, -0.25) is 19.4 Å². The lowest BCUT2D eigenvalue weighted by Crippen LogP contribution is -2.28. The Morgan fingerprint density at radius 1 is 1.22 bits per heavy atom. The Labute approximate surface area is 160 Å². The number of H-pyrrole nitrogens is 1. The molecule has 0 bridgehead atoms. The first-order chi connectivity index (χ1) is 12.3. The minimum atomic E-state index is -4.57. The summed E-state index contributed by atoms with van der Waals surface area (Å²) in [6, 6.07) is 4.75. The van der Waals surface area contributed by atoms with Crippen LogP contribution in [0, 0.1) is 0 Å². The van der Waals surface area contributed by atoms with E-state index < -0.39 is 18.3 Å². The highest BCUT2D eigenvalue weighted by atomic mass is 35.5. The number of nitrogens with one attached hydrogen (secondary N) is 1. The van der Waals surface area contributed by atoms with Crippen LogP contribution in [0.15, 0.2) is 41.6 Å². The van der Waals surface area contributed by atoms with Gasteiger partial charge in [0.15, 0.2) is 0 Å². The summed E-state index contributed by atoms with van der Waals surface area (Å²) in [4.78, 5) is 20.7. The molecule has 6 nitrogen and oxygen atoms in total. The van der Waals surface area contributed by atoms with Gasteiger partial charge in [0, 0.05) is 23.5 Å². The molecular formula is C16H10Cl2F3N5O. The first kappa shape index (κ1) is 19.1.